The first-order valence-corrected chi connectivity index (χ1v) is 49.7. The maximum Gasteiger partial charge on any atom is 0.164 e. The average molecular weight is 1900 g/mol. The van der Waals surface area contributed by atoms with Crippen molar-refractivity contribution in [1.29, 1.82) is 0 Å². The van der Waals surface area contributed by atoms with Crippen LogP contribution in [0, 0.1) is 34.6 Å². The minimum absolute atomic E-state index is 0.622. The number of pyridine rings is 3. The van der Waals surface area contributed by atoms with Crippen LogP contribution in [0.15, 0.2) is 473 Å². The van der Waals surface area contributed by atoms with Crippen molar-refractivity contribution in [2.75, 3.05) is 0 Å². The molecule has 0 aliphatic heterocycles. The third-order valence-corrected chi connectivity index (χ3v) is 27.9. The predicted octanol–water partition coefficient (Wildman–Crippen LogP) is 32.5. The molecule has 0 fully saturated rings. The van der Waals surface area contributed by atoms with Gasteiger partial charge in [0.15, 0.2) is 52.4 Å². The van der Waals surface area contributed by atoms with Crippen LogP contribution in [-0.4, -0.2) is 73.7 Å². The topological polar surface area (TPSA) is 168 Å². The zero-order chi connectivity index (χ0) is 99.2. The number of fused-ring (bicyclic) bond motifs is 11. The summed E-state index contributed by atoms with van der Waals surface area (Å²) < 4.78 is 6.31. The van der Waals surface area contributed by atoms with Gasteiger partial charge in [0.1, 0.15) is 0 Å². The number of nitrogens with zero attached hydrogens (tertiary/aromatic N) is 15. The highest BCUT2D eigenvalue weighted by molar-refractivity contribution is 6.05. The van der Waals surface area contributed by atoms with E-state index in [0.717, 1.165) is 167 Å². The van der Waals surface area contributed by atoms with Crippen molar-refractivity contribution < 1.29 is 0 Å². The minimum atomic E-state index is 0.622. The first-order chi connectivity index (χ1) is 72.9. The zero-order valence-corrected chi connectivity index (χ0v) is 81.7. The SMILES string of the molecule is Cc1c(-c2ccc(-c3nc(-c4ccc5ccccc5c4)nc(-c4ccc5ccccc5c4)n3)cc2)nn2c(-c3ccccc3)cc3ccccc3c12.Cc1c(-c2ccc(-c3nc(-c4ccccc4)nc(-c4ccc(-c5ccccc5)cc4)n3)cc2)nn2c(-c3ccccc3)cc3ccccc3c12.Cc1ccc(-c2nc(-c3ccc(C)cc3)nc(-c3ccc(-c4nn5c(-c6ccccc6)cc6ccccc6c5c4C)cc3)n2)cc1. The molecule has 0 aliphatic rings. The normalized spacial score (nSPS) is 11.4. The molecule has 0 bridgehead atoms. The second-order valence-electron chi connectivity index (χ2n) is 37.5. The second-order valence-corrected chi connectivity index (χ2v) is 37.5. The molecule has 9 heterocycles. The van der Waals surface area contributed by atoms with E-state index in [9.17, 15) is 0 Å². The number of aryl methyl sites for hydroxylation is 5. The molecule has 18 aromatic carbocycles. The molecule has 0 radical (unpaired) electrons. The molecule has 700 valence electrons. The van der Waals surface area contributed by atoms with Crippen molar-refractivity contribution in [3.63, 3.8) is 0 Å². The molecule has 15 heteroatoms. The van der Waals surface area contributed by atoms with Gasteiger partial charge in [0.25, 0.3) is 0 Å². The predicted molar refractivity (Wildman–Crippen MR) is 604 cm³/mol. The van der Waals surface area contributed by atoms with Gasteiger partial charge in [-0.1, -0.05) is 454 Å². The van der Waals surface area contributed by atoms with Gasteiger partial charge in [-0.05, 0) is 114 Å². The quantitative estimate of drug-likeness (QED) is 0.0899. The first-order valence-electron chi connectivity index (χ1n) is 49.7. The van der Waals surface area contributed by atoms with Crippen LogP contribution in [0.1, 0.15) is 27.8 Å². The summed E-state index contributed by atoms with van der Waals surface area (Å²) in [4.78, 5) is 44.8. The Balaban J connectivity index is 0.000000116. The minimum Gasteiger partial charge on any atom is -0.232 e. The highest BCUT2D eigenvalue weighted by Gasteiger charge is 2.26. The summed E-state index contributed by atoms with van der Waals surface area (Å²) >= 11 is 0. The number of hydrogen-bond donors (Lipinski definition) is 0. The van der Waals surface area contributed by atoms with E-state index in [2.05, 4.69) is 467 Å². The lowest BCUT2D eigenvalue weighted by Crippen LogP contribution is -2.00. The Kier molecular flexibility index (Phi) is 23.4. The molecule has 15 nitrogen and oxygen atoms in total. The first kappa shape index (κ1) is 89.7. The lowest BCUT2D eigenvalue weighted by Gasteiger charge is -2.10. The summed E-state index contributed by atoms with van der Waals surface area (Å²) in [5, 5.41) is 27.5. The van der Waals surface area contributed by atoms with Gasteiger partial charge in [-0.25, -0.2) is 58.4 Å². The van der Waals surface area contributed by atoms with Crippen LogP contribution in [0.3, 0.4) is 0 Å². The molecular weight excluding hydrogens is 1810 g/mol. The fourth-order valence-corrected chi connectivity index (χ4v) is 20.1. The summed E-state index contributed by atoms with van der Waals surface area (Å²) in [7, 11) is 0. The van der Waals surface area contributed by atoms with Crippen LogP contribution < -0.4 is 0 Å². The smallest absolute Gasteiger partial charge is 0.164 e. The van der Waals surface area contributed by atoms with E-state index >= 15 is 0 Å². The standard InChI is InChI=1S/C47H31N5.C45H31N5.C41H31N5/c1-30-43(51-52-42(33-13-3-2-4-14-33)29-38-17-9-10-18-41(38)44(30)52)34-21-23-35(24-22-34)45-48-46(39-25-19-31-11-5-7-15-36(31)27-39)50-47(49-45)40-26-20-32-12-6-8-16-37(32)28-40;1-30-41(49-50-40(33-15-7-3-8-16-33)29-38-19-11-12-20-39(38)42(30)50)34-23-27-37(28-24-34)45-47-43(35-17-9-4-10-18-35)46-44(48-45)36-25-21-32(22-26-36)31-13-5-2-6-14-31;1-26-13-17-31(18-14-26)39-42-40(32-19-15-27(2)16-20-32)44-41(43-39)33-23-21-30(22-24-33)37-28(3)38-35-12-8-7-11-34(35)25-36(46(38)45-37)29-9-5-4-6-10-29/h2-29H,1H3;2-29H,1H3;4-25H,1-3H3. The summed E-state index contributed by atoms with van der Waals surface area (Å²) in [5.74, 6) is 5.74. The third kappa shape index (κ3) is 17.4. The molecule has 0 atom stereocenters. The Morgan fingerprint density at radius 3 is 0.608 bits per heavy atom. The van der Waals surface area contributed by atoms with E-state index < -0.39 is 0 Å². The van der Waals surface area contributed by atoms with E-state index in [1.165, 1.54) is 59.8 Å². The average Bonchev–Trinajstić information content (AvgIpc) is 1.59. The Hall–Kier alpha value is -19.6. The van der Waals surface area contributed by atoms with Gasteiger partial charge in [-0.3, -0.25) is 0 Å². The van der Waals surface area contributed by atoms with Crippen molar-refractivity contribution in [2.24, 2.45) is 0 Å². The van der Waals surface area contributed by atoms with Gasteiger partial charge in [-0.15, -0.1) is 0 Å². The molecule has 148 heavy (non-hydrogen) atoms. The lowest BCUT2D eigenvalue weighted by molar-refractivity contribution is 0.979. The van der Waals surface area contributed by atoms with E-state index in [4.69, 9.17) is 60.2 Å². The molecule has 0 saturated heterocycles. The van der Waals surface area contributed by atoms with Gasteiger partial charge in [0.05, 0.1) is 50.7 Å². The van der Waals surface area contributed by atoms with Crippen LogP contribution in [0.4, 0.5) is 0 Å². The molecule has 0 spiro atoms. The fourth-order valence-electron chi connectivity index (χ4n) is 20.1. The molecule has 0 saturated carbocycles. The number of benzene rings is 18. The molecule has 0 unspecified atom stereocenters. The van der Waals surface area contributed by atoms with Crippen LogP contribution in [0.25, 0.3) is 252 Å². The third-order valence-electron chi connectivity index (χ3n) is 27.9. The Morgan fingerprint density at radius 1 is 0.142 bits per heavy atom. The van der Waals surface area contributed by atoms with E-state index in [0.29, 0.717) is 52.4 Å². The fraction of sp³-hybridized carbons (Fsp3) is 0.0376. The number of hydrogen-bond acceptors (Lipinski definition) is 12. The summed E-state index contributed by atoms with van der Waals surface area (Å²) in [6.07, 6.45) is 0. The molecule has 0 aliphatic carbocycles. The monoisotopic (exact) mass is 1900 g/mol. The zero-order valence-electron chi connectivity index (χ0n) is 81.7. The van der Waals surface area contributed by atoms with Crippen molar-refractivity contribution in [2.45, 2.75) is 34.6 Å². The molecule has 0 N–H and O–H groups in total. The Morgan fingerprint density at radius 2 is 0.331 bits per heavy atom. The summed E-state index contributed by atoms with van der Waals surface area (Å²) in [6, 6.07) is 164. The summed E-state index contributed by atoms with van der Waals surface area (Å²) in [5.41, 5.74) is 32.5. The Bertz CT molecular complexity index is 9540. The van der Waals surface area contributed by atoms with Crippen LogP contribution in [-0.2, 0) is 0 Å². The van der Waals surface area contributed by atoms with E-state index in [1.807, 2.05) is 54.6 Å². The van der Waals surface area contributed by atoms with Crippen LogP contribution in [0.2, 0.25) is 0 Å². The molecule has 0 amide bonds. The Labute approximate surface area is 855 Å². The van der Waals surface area contributed by atoms with Gasteiger partial charge >= 0.3 is 0 Å². The van der Waals surface area contributed by atoms with Crippen molar-refractivity contribution >= 4 is 70.4 Å². The van der Waals surface area contributed by atoms with Crippen molar-refractivity contribution in [3.05, 3.63) is 501 Å². The van der Waals surface area contributed by atoms with Gasteiger partial charge < -0.3 is 0 Å². The largest absolute Gasteiger partial charge is 0.232 e. The molecule has 27 rings (SSSR count). The van der Waals surface area contributed by atoms with E-state index in [-0.39, 0.29) is 0 Å². The van der Waals surface area contributed by atoms with Gasteiger partial charge in [0, 0.05) is 116 Å². The van der Waals surface area contributed by atoms with Gasteiger partial charge in [0.2, 0.25) is 0 Å². The summed E-state index contributed by atoms with van der Waals surface area (Å²) in [6.45, 7) is 10.7. The van der Waals surface area contributed by atoms with Crippen molar-refractivity contribution in [1.82, 2.24) is 73.7 Å². The molecule has 27 aromatic rings. The maximum atomic E-state index is 5.24. The second kappa shape index (κ2) is 38.7. The highest BCUT2D eigenvalue weighted by atomic mass is 15.3. The van der Waals surface area contributed by atoms with Gasteiger partial charge in [-0.2, -0.15) is 15.3 Å². The number of rotatable bonds is 16. The van der Waals surface area contributed by atoms with Crippen LogP contribution >= 0.6 is 0 Å². The van der Waals surface area contributed by atoms with E-state index in [1.54, 1.807) is 0 Å². The van der Waals surface area contributed by atoms with Crippen LogP contribution in [0.5, 0.6) is 0 Å². The van der Waals surface area contributed by atoms with Crippen molar-refractivity contribution in [3.8, 4) is 181 Å². The number of aromatic nitrogens is 15. The molecular formula is C133H93N15. The maximum absolute atomic E-state index is 5.24. The molecule has 9 aromatic heterocycles. The lowest BCUT2D eigenvalue weighted by atomic mass is 10.0. The highest BCUT2D eigenvalue weighted by Crippen LogP contribution is 2.43.